The number of likely N-dealkylation sites (tertiary alicyclic amines) is 1. The molecule has 22 heavy (non-hydrogen) atoms. The van der Waals surface area contributed by atoms with Crippen LogP contribution in [0, 0.1) is 11.8 Å². The van der Waals surface area contributed by atoms with Crippen molar-refractivity contribution >= 4 is 35.4 Å². The molecule has 2 atom stereocenters. The van der Waals surface area contributed by atoms with Crippen LogP contribution in [0.5, 0.6) is 0 Å². The Kier molecular flexibility index (Phi) is 6.41. The average molecular weight is 343 g/mol. The number of carbonyl (C=O) groups is 2. The fourth-order valence-electron chi connectivity index (χ4n) is 3.41. The highest BCUT2D eigenvalue weighted by Gasteiger charge is 2.31. The van der Waals surface area contributed by atoms with Crippen LogP contribution in [0.3, 0.4) is 0 Å². The molecule has 2 aliphatic heterocycles. The summed E-state index contributed by atoms with van der Waals surface area (Å²) in [5, 5.41) is 5.34. The Bertz CT molecular complexity index is 492. The number of amides is 1. The predicted molar refractivity (Wildman–Crippen MR) is 90.8 cm³/mol. The fraction of sp³-hybridized carbons (Fsp3) is 0.625. The molecule has 0 aromatic carbocycles. The van der Waals surface area contributed by atoms with Crippen molar-refractivity contribution in [3.05, 3.63) is 22.4 Å². The first-order chi connectivity index (χ1) is 10.2. The minimum atomic E-state index is 0. The highest BCUT2D eigenvalue weighted by Crippen LogP contribution is 2.27. The molecule has 1 N–H and O–H groups in total. The molecule has 4 nitrogen and oxygen atoms in total. The second kappa shape index (κ2) is 8.09. The lowest BCUT2D eigenvalue weighted by molar-refractivity contribution is -0.131. The van der Waals surface area contributed by atoms with Crippen molar-refractivity contribution in [3.63, 3.8) is 0 Å². The number of nitrogens with zero attached hydrogens (tertiary/aromatic N) is 1. The van der Waals surface area contributed by atoms with Crippen LogP contribution in [0.4, 0.5) is 0 Å². The molecule has 1 aromatic rings. The summed E-state index contributed by atoms with van der Waals surface area (Å²) in [4.78, 5) is 27.0. The molecule has 0 bridgehead atoms. The van der Waals surface area contributed by atoms with E-state index in [0.717, 1.165) is 55.7 Å². The highest BCUT2D eigenvalue weighted by atomic mass is 35.5. The van der Waals surface area contributed by atoms with Crippen molar-refractivity contribution < 1.29 is 9.59 Å². The van der Waals surface area contributed by atoms with E-state index < -0.39 is 0 Å². The number of thiophene rings is 1. The second-order valence-electron chi connectivity index (χ2n) is 6.04. The lowest BCUT2D eigenvalue weighted by atomic mass is 9.92. The standard InChI is InChI=1S/C16H22N2O2S.ClH/c19-14(15-2-1-9-21-15)3-4-16(20)18-7-5-12-10-17-11-13(12)6-8-18;/h1-2,9,12-13,17H,3-8,10-11H2;1H/t12-,13+;. The van der Waals surface area contributed by atoms with Gasteiger partial charge in [-0.05, 0) is 49.2 Å². The highest BCUT2D eigenvalue weighted by molar-refractivity contribution is 7.12. The SMILES string of the molecule is Cl.O=C(CCC(=O)N1CC[C@@H]2CNC[C@@H]2CC1)c1cccs1. The van der Waals surface area contributed by atoms with Crippen LogP contribution in [-0.4, -0.2) is 42.8 Å². The smallest absolute Gasteiger partial charge is 0.223 e. The van der Waals surface area contributed by atoms with Crippen molar-refractivity contribution in [1.29, 1.82) is 0 Å². The van der Waals surface area contributed by atoms with Gasteiger partial charge in [0, 0.05) is 25.9 Å². The Hall–Kier alpha value is -0.910. The van der Waals surface area contributed by atoms with Gasteiger partial charge in [-0.2, -0.15) is 0 Å². The van der Waals surface area contributed by atoms with E-state index in [4.69, 9.17) is 0 Å². The number of ketones is 1. The van der Waals surface area contributed by atoms with Crippen LogP contribution < -0.4 is 5.32 Å². The van der Waals surface area contributed by atoms with E-state index in [1.54, 1.807) is 0 Å². The lowest BCUT2D eigenvalue weighted by Gasteiger charge is -2.20. The summed E-state index contributed by atoms with van der Waals surface area (Å²) >= 11 is 1.45. The summed E-state index contributed by atoms with van der Waals surface area (Å²) in [7, 11) is 0. The van der Waals surface area contributed by atoms with Crippen LogP contribution in [0.1, 0.15) is 35.4 Å². The van der Waals surface area contributed by atoms with Crippen molar-refractivity contribution in [2.24, 2.45) is 11.8 Å². The first-order valence-electron chi connectivity index (χ1n) is 7.79. The van der Waals surface area contributed by atoms with E-state index in [0.29, 0.717) is 12.8 Å². The third kappa shape index (κ3) is 4.09. The summed E-state index contributed by atoms with van der Waals surface area (Å²) in [5.41, 5.74) is 0. The Balaban J connectivity index is 0.00000176. The number of nitrogens with one attached hydrogen (secondary N) is 1. The van der Waals surface area contributed by atoms with Crippen LogP contribution >= 0.6 is 23.7 Å². The van der Waals surface area contributed by atoms with Gasteiger partial charge in [0.1, 0.15) is 0 Å². The van der Waals surface area contributed by atoms with Crippen molar-refractivity contribution in [3.8, 4) is 0 Å². The molecule has 0 saturated carbocycles. The summed E-state index contributed by atoms with van der Waals surface area (Å²) < 4.78 is 0. The van der Waals surface area contributed by atoms with Crippen LogP contribution in [-0.2, 0) is 4.79 Å². The maximum atomic E-state index is 12.3. The molecule has 6 heteroatoms. The largest absolute Gasteiger partial charge is 0.343 e. The van der Waals surface area contributed by atoms with Gasteiger partial charge in [0.15, 0.2) is 5.78 Å². The third-order valence-electron chi connectivity index (χ3n) is 4.73. The number of halogens is 1. The van der Waals surface area contributed by atoms with Gasteiger partial charge in [-0.15, -0.1) is 23.7 Å². The van der Waals surface area contributed by atoms with Gasteiger partial charge in [0.05, 0.1) is 4.88 Å². The van der Waals surface area contributed by atoms with Crippen LogP contribution in [0.2, 0.25) is 0 Å². The Morgan fingerprint density at radius 3 is 2.45 bits per heavy atom. The number of rotatable bonds is 4. The molecule has 3 heterocycles. The minimum Gasteiger partial charge on any atom is -0.343 e. The molecule has 2 saturated heterocycles. The molecular formula is C16H23ClN2O2S. The van der Waals surface area contributed by atoms with E-state index in [2.05, 4.69) is 5.32 Å². The molecule has 1 amide bonds. The summed E-state index contributed by atoms with van der Waals surface area (Å²) in [6, 6.07) is 3.71. The van der Waals surface area contributed by atoms with Gasteiger partial charge in [-0.1, -0.05) is 6.07 Å². The maximum absolute atomic E-state index is 12.3. The number of carbonyl (C=O) groups excluding carboxylic acids is 2. The first kappa shape index (κ1) is 17.4. The molecule has 0 spiro atoms. The van der Waals surface area contributed by atoms with Gasteiger partial charge in [-0.25, -0.2) is 0 Å². The lowest BCUT2D eigenvalue weighted by Crippen LogP contribution is -2.32. The fourth-order valence-corrected chi connectivity index (χ4v) is 4.10. The summed E-state index contributed by atoms with van der Waals surface area (Å²) in [5.74, 6) is 1.70. The van der Waals surface area contributed by atoms with Crippen LogP contribution in [0.15, 0.2) is 17.5 Å². The third-order valence-corrected chi connectivity index (χ3v) is 5.64. The average Bonchev–Trinajstić information content (AvgIpc) is 3.13. The quantitative estimate of drug-likeness (QED) is 0.856. The summed E-state index contributed by atoms with van der Waals surface area (Å²) in [6.45, 7) is 3.91. The van der Waals surface area contributed by atoms with E-state index in [1.165, 1.54) is 11.3 Å². The number of fused-ring (bicyclic) bond motifs is 1. The predicted octanol–water partition coefficient (Wildman–Crippen LogP) is 2.59. The second-order valence-corrected chi connectivity index (χ2v) is 6.98. The maximum Gasteiger partial charge on any atom is 0.223 e. The molecule has 0 aliphatic carbocycles. The number of hydrogen-bond donors (Lipinski definition) is 1. The van der Waals surface area contributed by atoms with Gasteiger partial charge in [0.25, 0.3) is 0 Å². The zero-order valence-electron chi connectivity index (χ0n) is 12.6. The van der Waals surface area contributed by atoms with Crippen molar-refractivity contribution in [2.75, 3.05) is 26.2 Å². The number of Topliss-reactive ketones (excluding diaryl/α,β-unsaturated/α-hetero) is 1. The Morgan fingerprint density at radius 1 is 1.18 bits per heavy atom. The minimum absolute atomic E-state index is 0. The van der Waals surface area contributed by atoms with Gasteiger partial charge in [0.2, 0.25) is 5.91 Å². The first-order valence-corrected chi connectivity index (χ1v) is 8.67. The molecule has 2 aliphatic rings. The van der Waals surface area contributed by atoms with E-state index in [-0.39, 0.29) is 24.1 Å². The zero-order chi connectivity index (χ0) is 14.7. The zero-order valence-corrected chi connectivity index (χ0v) is 14.3. The van der Waals surface area contributed by atoms with Crippen LogP contribution in [0.25, 0.3) is 0 Å². The topological polar surface area (TPSA) is 49.4 Å². The molecule has 1 aromatic heterocycles. The monoisotopic (exact) mass is 342 g/mol. The molecule has 122 valence electrons. The van der Waals surface area contributed by atoms with Crippen molar-refractivity contribution in [2.45, 2.75) is 25.7 Å². The molecule has 3 rings (SSSR count). The Morgan fingerprint density at radius 2 is 1.86 bits per heavy atom. The van der Waals surface area contributed by atoms with E-state index in [9.17, 15) is 9.59 Å². The molecule has 0 unspecified atom stereocenters. The molecule has 2 fully saturated rings. The molecule has 0 radical (unpaired) electrons. The van der Waals surface area contributed by atoms with E-state index >= 15 is 0 Å². The van der Waals surface area contributed by atoms with Gasteiger partial charge >= 0.3 is 0 Å². The summed E-state index contributed by atoms with van der Waals surface area (Å²) in [6.07, 6.45) is 2.89. The normalized spacial score (nSPS) is 24.3. The molecular weight excluding hydrogens is 320 g/mol. The van der Waals surface area contributed by atoms with Crippen molar-refractivity contribution in [1.82, 2.24) is 10.2 Å². The number of hydrogen-bond acceptors (Lipinski definition) is 4. The van der Waals surface area contributed by atoms with Gasteiger partial charge in [-0.3, -0.25) is 9.59 Å². The van der Waals surface area contributed by atoms with Gasteiger partial charge < -0.3 is 10.2 Å². The Labute approximate surface area is 141 Å². The van der Waals surface area contributed by atoms with E-state index in [1.807, 2.05) is 22.4 Å².